The van der Waals surface area contributed by atoms with Crippen LogP contribution in [0.1, 0.15) is 49.8 Å². The standard InChI is InChI=1S/C21H26ClN5O3S/c1-6-26(7-2)31(29,30)19-11-16(8-9-18(19)22)25-21(28)17-10-15-12-23-27(13(3)4)20(15)24-14(17)5/h8-13H,6-7H2,1-5H3,(H,25,28). The quantitative estimate of drug-likeness (QED) is 0.564. The van der Waals surface area contributed by atoms with Crippen LogP contribution in [0.4, 0.5) is 5.69 Å². The smallest absolute Gasteiger partial charge is 0.257 e. The van der Waals surface area contributed by atoms with Gasteiger partial charge in [0.2, 0.25) is 10.0 Å². The molecular weight excluding hydrogens is 438 g/mol. The molecule has 0 atom stereocenters. The predicted molar refractivity (Wildman–Crippen MR) is 122 cm³/mol. The molecule has 8 nitrogen and oxygen atoms in total. The van der Waals surface area contributed by atoms with Crippen LogP contribution in [0.5, 0.6) is 0 Å². The van der Waals surface area contributed by atoms with Gasteiger partial charge in [0, 0.05) is 30.2 Å². The van der Waals surface area contributed by atoms with Gasteiger partial charge in [-0.1, -0.05) is 25.4 Å². The zero-order valence-corrected chi connectivity index (χ0v) is 19.8. The third-order valence-electron chi connectivity index (χ3n) is 5.01. The maximum absolute atomic E-state index is 12.9. The summed E-state index contributed by atoms with van der Waals surface area (Å²) >= 11 is 6.17. The molecule has 0 radical (unpaired) electrons. The number of fused-ring (bicyclic) bond motifs is 1. The van der Waals surface area contributed by atoms with E-state index in [4.69, 9.17) is 11.6 Å². The van der Waals surface area contributed by atoms with Crippen LogP contribution >= 0.6 is 11.6 Å². The minimum Gasteiger partial charge on any atom is -0.322 e. The van der Waals surface area contributed by atoms with Crippen LogP contribution in [0.3, 0.4) is 0 Å². The van der Waals surface area contributed by atoms with E-state index in [2.05, 4.69) is 15.4 Å². The van der Waals surface area contributed by atoms with Crippen molar-refractivity contribution >= 4 is 44.3 Å². The molecule has 3 aromatic rings. The maximum Gasteiger partial charge on any atom is 0.257 e. The van der Waals surface area contributed by atoms with Crippen LogP contribution in [0.15, 0.2) is 35.4 Å². The number of nitrogens with one attached hydrogen (secondary N) is 1. The molecule has 1 amide bonds. The number of sulfonamides is 1. The van der Waals surface area contributed by atoms with Gasteiger partial charge in [-0.3, -0.25) is 4.79 Å². The Morgan fingerprint density at radius 1 is 1.23 bits per heavy atom. The summed E-state index contributed by atoms with van der Waals surface area (Å²) in [6.07, 6.45) is 1.68. The molecule has 1 N–H and O–H groups in total. The van der Waals surface area contributed by atoms with Crippen molar-refractivity contribution in [2.24, 2.45) is 0 Å². The Balaban J connectivity index is 1.95. The van der Waals surface area contributed by atoms with Crippen LogP contribution in [0.2, 0.25) is 5.02 Å². The lowest BCUT2D eigenvalue weighted by Gasteiger charge is -2.19. The second kappa shape index (κ2) is 8.94. The average Bonchev–Trinajstić information content (AvgIpc) is 3.12. The lowest BCUT2D eigenvalue weighted by Crippen LogP contribution is -2.30. The van der Waals surface area contributed by atoms with E-state index >= 15 is 0 Å². The molecule has 31 heavy (non-hydrogen) atoms. The molecule has 3 rings (SSSR count). The molecule has 0 saturated carbocycles. The lowest BCUT2D eigenvalue weighted by molar-refractivity contribution is 0.102. The van der Waals surface area contributed by atoms with E-state index in [-0.39, 0.29) is 16.0 Å². The number of carbonyl (C=O) groups is 1. The molecule has 2 aromatic heterocycles. The van der Waals surface area contributed by atoms with E-state index in [0.717, 1.165) is 5.39 Å². The van der Waals surface area contributed by atoms with Crippen LogP contribution in [-0.2, 0) is 10.0 Å². The molecule has 0 bridgehead atoms. The summed E-state index contributed by atoms with van der Waals surface area (Å²) in [4.78, 5) is 17.4. The summed E-state index contributed by atoms with van der Waals surface area (Å²) in [5, 5.41) is 7.96. The third kappa shape index (κ3) is 4.44. The zero-order valence-electron chi connectivity index (χ0n) is 18.2. The minimum absolute atomic E-state index is 0.0424. The molecule has 1 aromatic carbocycles. The minimum atomic E-state index is -3.77. The number of hydrogen-bond donors (Lipinski definition) is 1. The topological polar surface area (TPSA) is 97.2 Å². The molecule has 0 aliphatic rings. The number of hydrogen-bond acceptors (Lipinski definition) is 5. The van der Waals surface area contributed by atoms with Gasteiger partial charge in [-0.25, -0.2) is 18.1 Å². The molecule has 0 saturated heterocycles. The number of nitrogens with zero attached hydrogens (tertiary/aromatic N) is 4. The fourth-order valence-electron chi connectivity index (χ4n) is 3.35. The van der Waals surface area contributed by atoms with Crippen LogP contribution < -0.4 is 5.32 Å². The van der Waals surface area contributed by atoms with E-state index in [1.165, 1.54) is 16.4 Å². The van der Waals surface area contributed by atoms with Crippen LogP contribution in [0, 0.1) is 6.92 Å². The van der Waals surface area contributed by atoms with Crippen molar-refractivity contribution in [1.29, 1.82) is 0 Å². The van der Waals surface area contributed by atoms with Crippen molar-refractivity contribution in [1.82, 2.24) is 19.1 Å². The van der Waals surface area contributed by atoms with Gasteiger partial charge >= 0.3 is 0 Å². The number of benzene rings is 1. The predicted octanol–water partition coefficient (Wildman–Crippen LogP) is 4.26. The van der Waals surface area contributed by atoms with E-state index in [0.29, 0.717) is 35.7 Å². The highest BCUT2D eigenvalue weighted by molar-refractivity contribution is 7.89. The Labute approximate surface area is 187 Å². The molecule has 0 aliphatic carbocycles. The van der Waals surface area contributed by atoms with Gasteiger partial charge in [-0.2, -0.15) is 9.40 Å². The van der Waals surface area contributed by atoms with Gasteiger partial charge in [0.15, 0.2) is 5.65 Å². The summed E-state index contributed by atoms with van der Waals surface area (Å²) in [7, 11) is -3.77. The summed E-state index contributed by atoms with van der Waals surface area (Å²) in [5.41, 5.74) is 1.98. The number of rotatable bonds is 7. The zero-order chi connectivity index (χ0) is 22.9. The van der Waals surface area contributed by atoms with Gasteiger partial charge in [-0.05, 0) is 45.0 Å². The van der Waals surface area contributed by atoms with E-state index in [9.17, 15) is 13.2 Å². The SMILES string of the molecule is CCN(CC)S(=O)(=O)c1cc(NC(=O)c2cc3cnn(C(C)C)c3nc2C)ccc1Cl. The van der Waals surface area contributed by atoms with Crippen molar-refractivity contribution in [3.63, 3.8) is 0 Å². The van der Waals surface area contributed by atoms with Crippen molar-refractivity contribution in [3.05, 3.63) is 46.7 Å². The van der Waals surface area contributed by atoms with Crippen molar-refractivity contribution in [2.75, 3.05) is 18.4 Å². The highest BCUT2D eigenvalue weighted by Crippen LogP contribution is 2.28. The first kappa shape index (κ1) is 23.2. The summed E-state index contributed by atoms with van der Waals surface area (Å²) in [5.74, 6) is -0.391. The Morgan fingerprint density at radius 3 is 2.52 bits per heavy atom. The first-order valence-corrected chi connectivity index (χ1v) is 11.9. The van der Waals surface area contributed by atoms with Crippen molar-refractivity contribution in [3.8, 4) is 0 Å². The Kier molecular flexibility index (Phi) is 6.68. The van der Waals surface area contributed by atoms with Gasteiger partial charge < -0.3 is 5.32 Å². The maximum atomic E-state index is 12.9. The molecule has 0 unspecified atom stereocenters. The average molecular weight is 464 g/mol. The molecule has 10 heteroatoms. The van der Waals surface area contributed by atoms with Gasteiger partial charge in [-0.15, -0.1) is 0 Å². The number of anilines is 1. The number of amides is 1. The number of pyridine rings is 1. The van der Waals surface area contributed by atoms with Gasteiger partial charge in [0.1, 0.15) is 4.90 Å². The van der Waals surface area contributed by atoms with Gasteiger partial charge in [0.05, 0.1) is 22.5 Å². The third-order valence-corrected chi connectivity index (χ3v) is 7.54. The highest BCUT2D eigenvalue weighted by Gasteiger charge is 2.25. The molecule has 0 spiro atoms. The van der Waals surface area contributed by atoms with Crippen LogP contribution in [-0.4, -0.2) is 46.5 Å². The summed E-state index contributed by atoms with van der Waals surface area (Å²) < 4.78 is 28.9. The fourth-order valence-corrected chi connectivity index (χ4v) is 5.31. The molecule has 0 fully saturated rings. The van der Waals surface area contributed by atoms with E-state index < -0.39 is 15.9 Å². The Hall–Kier alpha value is -2.49. The second-order valence-corrected chi connectivity index (χ2v) is 9.72. The normalized spacial score (nSPS) is 12.1. The Bertz CT molecular complexity index is 1230. The number of halogens is 1. The summed E-state index contributed by atoms with van der Waals surface area (Å²) in [6, 6.07) is 6.30. The largest absolute Gasteiger partial charge is 0.322 e. The first-order valence-electron chi connectivity index (χ1n) is 10.1. The highest BCUT2D eigenvalue weighted by atomic mass is 35.5. The summed E-state index contributed by atoms with van der Waals surface area (Å²) in [6.45, 7) is 9.93. The second-order valence-electron chi connectivity index (χ2n) is 7.41. The Morgan fingerprint density at radius 2 is 1.90 bits per heavy atom. The number of carbonyl (C=O) groups excluding carboxylic acids is 1. The molecule has 166 valence electrons. The van der Waals surface area contributed by atoms with Crippen molar-refractivity contribution in [2.45, 2.75) is 45.6 Å². The molecule has 0 aliphatic heterocycles. The van der Waals surface area contributed by atoms with Crippen molar-refractivity contribution < 1.29 is 13.2 Å². The fraction of sp³-hybridized carbons (Fsp3) is 0.381. The molecule has 2 heterocycles. The first-order chi connectivity index (χ1) is 14.6. The van der Waals surface area contributed by atoms with E-state index in [1.807, 2.05) is 13.8 Å². The van der Waals surface area contributed by atoms with Crippen LogP contribution in [0.25, 0.3) is 11.0 Å². The van der Waals surface area contributed by atoms with Gasteiger partial charge in [0.25, 0.3) is 5.91 Å². The van der Waals surface area contributed by atoms with E-state index in [1.54, 1.807) is 43.8 Å². The number of aryl methyl sites for hydroxylation is 1. The molecular formula is C21H26ClN5O3S. The number of aromatic nitrogens is 3. The lowest BCUT2D eigenvalue weighted by atomic mass is 10.1. The monoisotopic (exact) mass is 463 g/mol.